The van der Waals surface area contributed by atoms with Gasteiger partial charge in [-0.2, -0.15) is 8.78 Å². The Morgan fingerprint density at radius 3 is 2.03 bits per heavy atom. The zero-order valence-corrected chi connectivity index (χ0v) is 15.7. The molecule has 0 aliphatic rings. The number of halogens is 2. The molecule has 2 aromatic rings. The van der Waals surface area contributed by atoms with Crippen molar-refractivity contribution < 1.29 is 37.4 Å². The molecule has 154 valence electrons. The van der Waals surface area contributed by atoms with Gasteiger partial charge in [-0.05, 0) is 55.5 Å². The molecule has 0 saturated heterocycles. The third-order valence-electron chi connectivity index (χ3n) is 3.79. The molecule has 9 heteroatoms. The second-order valence-electron chi connectivity index (χ2n) is 5.81. The van der Waals surface area contributed by atoms with Crippen LogP contribution in [0, 0.1) is 0 Å². The SMILES string of the molecule is COc1ccc(C(=O)NCC(=O)O[C@@H](C)C(=O)c2ccc(OC(F)F)cc2)cc1. The van der Waals surface area contributed by atoms with Crippen molar-refractivity contribution in [1.82, 2.24) is 5.32 Å². The van der Waals surface area contributed by atoms with Crippen LogP contribution in [0.3, 0.4) is 0 Å². The van der Waals surface area contributed by atoms with E-state index in [0.717, 1.165) is 0 Å². The van der Waals surface area contributed by atoms with E-state index in [1.807, 2.05) is 0 Å². The summed E-state index contributed by atoms with van der Waals surface area (Å²) in [4.78, 5) is 36.2. The first-order valence-corrected chi connectivity index (χ1v) is 8.51. The number of carbonyl (C=O) groups excluding carboxylic acids is 3. The molecule has 0 unspecified atom stereocenters. The fraction of sp³-hybridized carbons (Fsp3) is 0.250. The quantitative estimate of drug-likeness (QED) is 0.508. The van der Waals surface area contributed by atoms with Crippen LogP contribution in [0.1, 0.15) is 27.6 Å². The number of hydrogen-bond acceptors (Lipinski definition) is 6. The van der Waals surface area contributed by atoms with E-state index < -0.39 is 36.9 Å². The van der Waals surface area contributed by atoms with Crippen molar-refractivity contribution in [3.8, 4) is 11.5 Å². The molecule has 0 aliphatic heterocycles. The van der Waals surface area contributed by atoms with E-state index in [0.29, 0.717) is 11.3 Å². The largest absolute Gasteiger partial charge is 0.497 e. The molecule has 1 atom stereocenters. The molecule has 2 aromatic carbocycles. The lowest BCUT2D eigenvalue weighted by Gasteiger charge is -2.13. The van der Waals surface area contributed by atoms with Gasteiger partial charge in [0.15, 0.2) is 6.10 Å². The highest BCUT2D eigenvalue weighted by atomic mass is 19.3. The minimum absolute atomic E-state index is 0.0950. The zero-order valence-electron chi connectivity index (χ0n) is 15.7. The number of alkyl halides is 2. The van der Waals surface area contributed by atoms with Crippen molar-refractivity contribution in [1.29, 1.82) is 0 Å². The summed E-state index contributed by atoms with van der Waals surface area (Å²) < 4.78 is 38.5. The maximum atomic E-state index is 12.3. The van der Waals surface area contributed by atoms with Gasteiger partial charge in [0.25, 0.3) is 5.91 Å². The van der Waals surface area contributed by atoms with Crippen molar-refractivity contribution >= 4 is 17.7 Å². The van der Waals surface area contributed by atoms with Crippen LogP contribution in [-0.2, 0) is 9.53 Å². The molecule has 0 radical (unpaired) electrons. The van der Waals surface area contributed by atoms with Gasteiger partial charge in [0.05, 0.1) is 7.11 Å². The van der Waals surface area contributed by atoms with Crippen LogP contribution in [-0.4, -0.2) is 44.0 Å². The lowest BCUT2D eigenvalue weighted by Crippen LogP contribution is -2.34. The number of amides is 1. The number of carbonyl (C=O) groups is 3. The molecule has 0 aliphatic carbocycles. The van der Waals surface area contributed by atoms with E-state index >= 15 is 0 Å². The van der Waals surface area contributed by atoms with Gasteiger partial charge in [-0.1, -0.05) is 0 Å². The van der Waals surface area contributed by atoms with Crippen LogP contribution in [0.25, 0.3) is 0 Å². The van der Waals surface area contributed by atoms with Crippen LogP contribution >= 0.6 is 0 Å². The molecule has 0 fully saturated rings. The van der Waals surface area contributed by atoms with Crippen molar-refractivity contribution in [2.75, 3.05) is 13.7 Å². The molecule has 0 heterocycles. The van der Waals surface area contributed by atoms with Crippen molar-refractivity contribution in [2.45, 2.75) is 19.6 Å². The van der Waals surface area contributed by atoms with Crippen molar-refractivity contribution in [3.05, 3.63) is 59.7 Å². The Bertz CT molecular complexity index is 852. The number of rotatable bonds is 9. The second-order valence-corrected chi connectivity index (χ2v) is 5.81. The number of ether oxygens (including phenoxy) is 3. The molecule has 1 amide bonds. The van der Waals surface area contributed by atoms with Crippen LogP contribution in [0.15, 0.2) is 48.5 Å². The number of methoxy groups -OCH3 is 1. The fourth-order valence-corrected chi connectivity index (χ4v) is 2.32. The molecule has 0 aromatic heterocycles. The smallest absolute Gasteiger partial charge is 0.387 e. The van der Waals surface area contributed by atoms with Gasteiger partial charge in [-0.25, -0.2) is 0 Å². The van der Waals surface area contributed by atoms with Crippen LogP contribution < -0.4 is 14.8 Å². The Morgan fingerprint density at radius 2 is 1.48 bits per heavy atom. The van der Waals surface area contributed by atoms with Crippen LogP contribution in [0.4, 0.5) is 8.78 Å². The fourth-order valence-electron chi connectivity index (χ4n) is 2.32. The number of esters is 1. The van der Waals surface area contributed by atoms with Crippen LogP contribution in [0.2, 0.25) is 0 Å². The minimum atomic E-state index is -2.97. The van der Waals surface area contributed by atoms with E-state index in [1.54, 1.807) is 12.1 Å². The summed E-state index contributed by atoms with van der Waals surface area (Å²) in [7, 11) is 1.50. The van der Waals surface area contributed by atoms with Gasteiger partial charge >= 0.3 is 12.6 Å². The average molecular weight is 407 g/mol. The molecule has 0 bridgehead atoms. The Balaban J connectivity index is 1.84. The van der Waals surface area contributed by atoms with Gasteiger partial charge in [0.2, 0.25) is 5.78 Å². The topological polar surface area (TPSA) is 90.9 Å². The maximum absolute atomic E-state index is 12.3. The Hall–Kier alpha value is -3.49. The number of benzene rings is 2. The first-order valence-electron chi connectivity index (χ1n) is 8.51. The first-order chi connectivity index (χ1) is 13.8. The standard InChI is InChI=1S/C20H19F2NO6/c1-12(18(25)13-3-9-16(10-4-13)29-20(21)22)28-17(24)11-23-19(26)14-5-7-15(27-2)8-6-14/h3-10,12,20H,11H2,1-2H3,(H,23,26)/t12-/m0/s1. The van der Waals surface area contributed by atoms with E-state index in [2.05, 4.69) is 10.1 Å². The van der Waals surface area contributed by atoms with E-state index in [4.69, 9.17) is 9.47 Å². The number of ketones is 1. The van der Waals surface area contributed by atoms with E-state index in [1.165, 1.54) is 50.4 Å². The highest BCUT2D eigenvalue weighted by Crippen LogP contribution is 2.16. The Morgan fingerprint density at radius 1 is 0.931 bits per heavy atom. The van der Waals surface area contributed by atoms with Gasteiger partial charge in [0, 0.05) is 11.1 Å². The molecule has 29 heavy (non-hydrogen) atoms. The lowest BCUT2D eigenvalue weighted by molar-refractivity contribution is -0.145. The summed E-state index contributed by atoms with van der Waals surface area (Å²) in [5.41, 5.74) is 0.489. The van der Waals surface area contributed by atoms with E-state index in [9.17, 15) is 23.2 Å². The molecule has 0 spiro atoms. The Kier molecular flexibility index (Phi) is 7.64. The highest BCUT2D eigenvalue weighted by molar-refractivity contribution is 6.00. The summed E-state index contributed by atoms with van der Waals surface area (Å²) in [6, 6.07) is 11.3. The molecule has 1 N–H and O–H groups in total. The Labute approximate surface area is 165 Å². The van der Waals surface area contributed by atoms with Gasteiger partial charge < -0.3 is 19.5 Å². The van der Waals surface area contributed by atoms with Crippen LogP contribution in [0.5, 0.6) is 11.5 Å². The predicted molar refractivity (Wildman–Crippen MR) is 98.3 cm³/mol. The van der Waals surface area contributed by atoms with Gasteiger partial charge in [-0.15, -0.1) is 0 Å². The molecule has 7 nitrogen and oxygen atoms in total. The van der Waals surface area contributed by atoms with Gasteiger partial charge in [-0.3, -0.25) is 14.4 Å². The predicted octanol–water partition coefficient (Wildman–Crippen LogP) is 2.84. The summed E-state index contributed by atoms with van der Waals surface area (Å²) in [6.45, 7) is -2.02. The first kappa shape index (κ1) is 21.8. The maximum Gasteiger partial charge on any atom is 0.387 e. The summed E-state index contributed by atoms with van der Waals surface area (Å²) in [5, 5.41) is 2.39. The number of hydrogen-bond donors (Lipinski definition) is 1. The second kappa shape index (κ2) is 10.2. The molecular formula is C20H19F2NO6. The number of nitrogens with one attached hydrogen (secondary N) is 1. The molecule has 2 rings (SSSR count). The monoisotopic (exact) mass is 407 g/mol. The third-order valence-corrected chi connectivity index (χ3v) is 3.79. The highest BCUT2D eigenvalue weighted by Gasteiger charge is 2.20. The summed E-state index contributed by atoms with van der Waals surface area (Å²) in [5.74, 6) is -1.32. The molecular weight excluding hydrogens is 388 g/mol. The third kappa shape index (κ3) is 6.56. The summed E-state index contributed by atoms with van der Waals surface area (Å²) >= 11 is 0. The van der Waals surface area contributed by atoms with Crippen molar-refractivity contribution in [2.24, 2.45) is 0 Å². The number of Topliss-reactive ketones (excluding diaryl/α,β-unsaturated/α-hetero) is 1. The summed E-state index contributed by atoms with van der Waals surface area (Å²) in [6.07, 6.45) is -1.12. The minimum Gasteiger partial charge on any atom is -0.497 e. The molecule has 0 saturated carbocycles. The lowest BCUT2D eigenvalue weighted by atomic mass is 10.1. The van der Waals surface area contributed by atoms with Gasteiger partial charge in [0.1, 0.15) is 18.0 Å². The zero-order chi connectivity index (χ0) is 21.4. The van der Waals surface area contributed by atoms with E-state index in [-0.39, 0.29) is 11.3 Å². The normalized spacial score (nSPS) is 11.5. The van der Waals surface area contributed by atoms with Crippen molar-refractivity contribution in [3.63, 3.8) is 0 Å². The average Bonchev–Trinajstić information content (AvgIpc) is 2.71.